The second-order valence-electron chi connectivity index (χ2n) is 5.42. The van der Waals surface area contributed by atoms with E-state index in [4.69, 9.17) is 4.42 Å². The van der Waals surface area contributed by atoms with Gasteiger partial charge in [0.05, 0.1) is 12.8 Å². The van der Waals surface area contributed by atoms with E-state index in [2.05, 4.69) is 20.2 Å². The van der Waals surface area contributed by atoms with Crippen LogP contribution in [0.3, 0.4) is 0 Å². The van der Waals surface area contributed by atoms with Crippen molar-refractivity contribution in [2.75, 3.05) is 18.0 Å². The highest BCUT2D eigenvalue weighted by Crippen LogP contribution is 2.17. The summed E-state index contributed by atoms with van der Waals surface area (Å²) in [7, 11) is 0. The second-order valence-corrected chi connectivity index (χ2v) is 5.42. The van der Waals surface area contributed by atoms with Crippen molar-refractivity contribution < 1.29 is 9.21 Å². The average molecular weight is 300 g/mol. The van der Waals surface area contributed by atoms with E-state index in [0.717, 1.165) is 24.7 Å². The molecule has 6 nitrogen and oxygen atoms in total. The van der Waals surface area contributed by atoms with Crippen molar-refractivity contribution in [3.05, 3.63) is 42.2 Å². The summed E-state index contributed by atoms with van der Waals surface area (Å²) in [5, 5.41) is 2.80. The molecule has 1 amide bonds. The highest BCUT2D eigenvalue weighted by atomic mass is 16.3. The molecule has 0 aromatic carbocycles. The summed E-state index contributed by atoms with van der Waals surface area (Å²) in [5.41, 5.74) is 0.390. The Morgan fingerprint density at radius 1 is 1.23 bits per heavy atom. The van der Waals surface area contributed by atoms with Crippen molar-refractivity contribution in [2.45, 2.75) is 32.2 Å². The van der Waals surface area contributed by atoms with Gasteiger partial charge in [-0.2, -0.15) is 0 Å². The number of rotatable bonds is 4. The van der Waals surface area contributed by atoms with Gasteiger partial charge in [-0.3, -0.25) is 4.79 Å². The van der Waals surface area contributed by atoms with Gasteiger partial charge in [0.2, 0.25) is 0 Å². The van der Waals surface area contributed by atoms with E-state index in [1.165, 1.54) is 32.0 Å². The molecule has 1 aliphatic heterocycles. The fourth-order valence-corrected chi connectivity index (χ4v) is 2.62. The van der Waals surface area contributed by atoms with Crippen molar-refractivity contribution in [1.29, 1.82) is 0 Å². The molecule has 116 valence electrons. The number of hydrogen-bond acceptors (Lipinski definition) is 5. The van der Waals surface area contributed by atoms with Gasteiger partial charge in [0.25, 0.3) is 5.91 Å². The van der Waals surface area contributed by atoms with Crippen molar-refractivity contribution in [2.24, 2.45) is 0 Å². The molecule has 0 unspecified atom stereocenters. The third kappa shape index (κ3) is 3.63. The lowest BCUT2D eigenvalue weighted by molar-refractivity contribution is 0.0943. The zero-order valence-electron chi connectivity index (χ0n) is 12.5. The summed E-state index contributed by atoms with van der Waals surface area (Å²) < 4.78 is 5.20. The Labute approximate surface area is 129 Å². The molecule has 2 aromatic rings. The highest BCUT2D eigenvalue weighted by molar-refractivity contribution is 5.92. The Kier molecular flexibility index (Phi) is 4.68. The monoisotopic (exact) mass is 300 g/mol. The van der Waals surface area contributed by atoms with Gasteiger partial charge in [-0.25, -0.2) is 9.97 Å². The van der Waals surface area contributed by atoms with Crippen LogP contribution in [-0.2, 0) is 6.54 Å². The van der Waals surface area contributed by atoms with Crippen LogP contribution in [0.5, 0.6) is 0 Å². The molecular formula is C16H20N4O2. The summed E-state index contributed by atoms with van der Waals surface area (Å²) in [6.07, 6.45) is 7.91. The third-order valence-corrected chi connectivity index (χ3v) is 3.82. The van der Waals surface area contributed by atoms with Gasteiger partial charge in [-0.15, -0.1) is 0 Å². The molecule has 22 heavy (non-hydrogen) atoms. The maximum Gasteiger partial charge on any atom is 0.270 e. The van der Waals surface area contributed by atoms with Crippen LogP contribution in [0.2, 0.25) is 0 Å². The number of amides is 1. The standard InChI is InChI=1S/C16H20N4O2/c21-16(17-11-13-6-5-9-22-13)14-10-15(19-12-18-14)20-7-3-1-2-4-8-20/h5-6,9-10,12H,1-4,7-8,11H2,(H,17,21). The fraction of sp³-hybridized carbons (Fsp3) is 0.438. The molecule has 0 spiro atoms. The fourth-order valence-electron chi connectivity index (χ4n) is 2.62. The molecule has 1 fully saturated rings. The summed E-state index contributed by atoms with van der Waals surface area (Å²) in [4.78, 5) is 22.8. The molecule has 1 aliphatic rings. The first kappa shape index (κ1) is 14.6. The van der Waals surface area contributed by atoms with Gasteiger partial charge in [-0.1, -0.05) is 12.8 Å². The predicted octanol–water partition coefficient (Wildman–Crippen LogP) is 2.38. The van der Waals surface area contributed by atoms with E-state index >= 15 is 0 Å². The first-order chi connectivity index (χ1) is 10.8. The van der Waals surface area contributed by atoms with Gasteiger partial charge >= 0.3 is 0 Å². The van der Waals surface area contributed by atoms with Crippen LogP contribution in [0.4, 0.5) is 5.82 Å². The van der Waals surface area contributed by atoms with E-state index < -0.39 is 0 Å². The Balaban J connectivity index is 1.65. The van der Waals surface area contributed by atoms with Crippen molar-refractivity contribution in [1.82, 2.24) is 15.3 Å². The molecule has 0 aliphatic carbocycles. The number of nitrogens with one attached hydrogen (secondary N) is 1. The number of aromatic nitrogens is 2. The molecule has 1 N–H and O–H groups in total. The SMILES string of the molecule is O=C(NCc1ccco1)c1cc(N2CCCCCC2)ncn1. The first-order valence-electron chi connectivity index (χ1n) is 7.70. The Morgan fingerprint density at radius 2 is 2.05 bits per heavy atom. The third-order valence-electron chi connectivity index (χ3n) is 3.82. The van der Waals surface area contributed by atoms with E-state index in [1.54, 1.807) is 18.4 Å². The molecule has 0 bridgehead atoms. The van der Waals surface area contributed by atoms with E-state index in [1.807, 2.05) is 6.07 Å². The molecule has 0 radical (unpaired) electrons. The highest BCUT2D eigenvalue weighted by Gasteiger charge is 2.14. The second kappa shape index (κ2) is 7.06. The molecule has 6 heteroatoms. The van der Waals surface area contributed by atoms with Crippen LogP contribution >= 0.6 is 0 Å². The number of nitrogens with zero attached hydrogens (tertiary/aromatic N) is 3. The van der Waals surface area contributed by atoms with Crippen molar-refractivity contribution in [3.63, 3.8) is 0 Å². The Hall–Kier alpha value is -2.37. The molecular weight excluding hydrogens is 280 g/mol. The minimum absolute atomic E-state index is 0.213. The van der Waals surface area contributed by atoms with Gasteiger partial charge in [-0.05, 0) is 25.0 Å². The van der Waals surface area contributed by atoms with Crippen molar-refractivity contribution in [3.8, 4) is 0 Å². The van der Waals surface area contributed by atoms with E-state index in [9.17, 15) is 4.79 Å². The van der Waals surface area contributed by atoms with Crippen LogP contribution < -0.4 is 10.2 Å². The van der Waals surface area contributed by atoms with Gasteiger partial charge in [0, 0.05) is 19.2 Å². The minimum Gasteiger partial charge on any atom is -0.467 e. The van der Waals surface area contributed by atoms with Crippen LogP contribution in [0, 0.1) is 0 Å². The predicted molar refractivity (Wildman–Crippen MR) is 82.6 cm³/mol. The zero-order chi connectivity index (χ0) is 15.2. The first-order valence-corrected chi connectivity index (χ1v) is 7.70. The maximum absolute atomic E-state index is 12.2. The maximum atomic E-state index is 12.2. The average Bonchev–Trinajstić information content (AvgIpc) is 2.93. The summed E-state index contributed by atoms with van der Waals surface area (Å²) in [6.45, 7) is 2.34. The number of anilines is 1. The number of carbonyl (C=O) groups excluding carboxylic acids is 1. The number of hydrogen-bond donors (Lipinski definition) is 1. The molecule has 2 aromatic heterocycles. The Bertz CT molecular complexity index is 604. The van der Waals surface area contributed by atoms with Crippen LogP contribution in [-0.4, -0.2) is 29.0 Å². The summed E-state index contributed by atoms with van der Waals surface area (Å²) in [6, 6.07) is 5.38. The largest absolute Gasteiger partial charge is 0.467 e. The molecule has 0 atom stereocenters. The smallest absolute Gasteiger partial charge is 0.270 e. The Morgan fingerprint density at radius 3 is 2.77 bits per heavy atom. The number of furan rings is 1. The van der Waals surface area contributed by atoms with Gasteiger partial charge < -0.3 is 14.6 Å². The zero-order valence-corrected chi connectivity index (χ0v) is 12.5. The van der Waals surface area contributed by atoms with Crippen LogP contribution in [0.15, 0.2) is 35.2 Å². The van der Waals surface area contributed by atoms with E-state index in [0.29, 0.717) is 12.2 Å². The van der Waals surface area contributed by atoms with Crippen LogP contribution in [0.25, 0.3) is 0 Å². The lowest BCUT2D eigenvalue weighted by Crippen LogP contribution is -2.27. The van der Waals surface area contributed by atoms with Gasteiger partial charge in [0.15, 0.2) is 0 Å². The molecule has 0 saturated carbocycles. The van der Waals surface area contributed by atoms with E-state index in [-0.39, 0.29) is 5.91 Å². The normalized spacial score (nSPS) is 15.4. The van der Waals surface area contributed by atoms with Gasteiger partial charge in [0.1, 0.15) is 23.6 Å². The summed E-state index contributed by atoms with van der Waals surface area (Å²) in [5.74, 6) is 1.34. The molecule has 3 rings (SSSR count). The summed E-state index contributed by atoms with van der Waals surface area (Å²) >= 11 is 0. The lowest BCUT2D eigenvalue weighted by Gasteiger charge is -2.21. The van der Waals surface area contributed by atoms with Crippen molar-refractivity contribution >= 4 is 11.7 Å². The molecule has 1 saturated heterocycles. The number of carbonyl (C=O) groups is 1. The molecule has 3 heterocycles. The minimum atomic E-state index is -0.213. The topological polar surface area (TPSA) is 71.3 Å². The van der Waals surface area contributed by atoms with Crippen LogP contribution in [0.1, 0.15) is 41.9 Å². The lowest BCUT2D eigenvalue weighted by atomic mass is 10.2. The quantitative estimate of drug-likeness (QED) is 0.938.